The number of nitrogens with two attached hydrogens (primary N) is 1. The zero-order chi connectivity index (χ0) is 23.9. The predicted octanol–water partition coefficient (Wildman–Crippen LogP) is 1.79. The van der Waals surface area contributed by atoms with E-state index in [1.54, 1.807) is 24.7 Å². The average molecular weight is 484 g/mol. The van der Waals surface area contributed by atoms with Crippen LogP contribution in [0.5, 0.6) is 5.88 Å². The first-order valence-corrected chi connectivity index (χ1v) is 12.4. The number of nitrogens with one attached hydrogen (secondary N) is 1. The maximum Gasteiger partial charge on any atom is 0.406 e. The number of rotatable bonds is 7. The maximum absolute atomic E-state index is 13.2. The summed E-state index contributed by atoms with van der Waals surface area (Å²) in [5.41, 5.74) is 6.77. The number of fused-ring (bicyclic) bond motifs is 2. The van der Waals surface area contributed by atoms with Crippen LogP contribution < -0.4 is 15.6 Å². The van der Waals surface area contributed by atoms with Gasteiger partial charge in [0.25, 0.3) is 0 Å². The summed E-state index contributed by atoms with van der Waals surface area (Å²) in [7, 11) is -3.77. The van der Waals surface area contributed by atoms with Crippen molar-refractivity contribution in [2.24, 2.45) is 5.92 Å². The smallest absolute Gasteiger partial charge is 0.406 e. The predicted molar refractivity (Wildman–Crippen MR) is 116 cm³/mol. The molecule has 0 saturated carbocycles. The molecule has 2 aliphatic rings. The number of imidazole rings is 1. The Bertz CT molecular complexity index is 1080. The van der Waals surface area contributed by atoms with Crippen molar-refractivity contribution in [1.82, 2.24) is 24.6 Å². The molecule has 2 fully saturated rings. The zero-order valence-corrected chi connectivity index (χ0v) is 20.0. The van der Waals surface area contributed by atoms with Gasteiger partial charge in [-0.1, -0.05) is 6.92 Å². The lowest BCUT2D eigenvalue weighted by Gasteiger charge is -2.33. The van der Waals surface area contributed by atoms with E-state index in [0.717, 1.165) is 0 Å². The first-order valence-electron chi connectivity index (χ1n) is 10.8. The summed E-state index contributed by atoms with van der Waals surface area (Å²) >= 11 is 0. The molecular formula is C19H29N6O7P. The van der Waals surface area contributed by atoms with Crippen molar-refractivity contribution in [2.75, 3.05) is 18.9 Å². The highest BCUT2D eigenvalue weighted by molar-refractivity contribution is 7.51. The van der Waals surface area contributed by atoms with Crippen molar-refractivity contribution in [1.29, 1.82) is 0 Å². The Morgan fingerprint density at radius 2 is 2.15 bits per heavy atom. The van der Waals surface area contributed by atoms with Gasteiger partial charge >= 0.3 is 13.7 Å². The van der Waals surface area contributed by atoms with E-state index in [9.17, 15) is 9.36 Å². The van der Waals surface area contributed by atoms with Crippen LogP contribution in [0.15, 0.2) is 6.33 Å². The molecule has 13 nitrogen and oxygen atoms in total. The maximum atomic E-state index is 13.2. The van der Waals surface area contributed by atoms with Gasteiger partial charge in [0.05, 0.1) is 25.6 Å². The standard InChI is InChI=1S/C19H29N6O7P/c1-6-28-16-13-15(22-19(20)23-16)25(8-21-13)17-10(4)14-12(31-17)7-29-33(27,32-14)24-11(5)18(26)30-9(2)3/h8-12,14,17H,6-7H2,1-5H3,(H,24,27)(H2,20,22,23)/t10-,11-,12+,14-,17+,33+/m0/s1. The molecule has 0 unspecified atom stereocenters. The minimum absolute atomic E-state index is 0.0235. The molecule has 14 heteroatoms. The summed E-state index contributed by atoms with van der Waals surface area (Å²) < 4.78 is 43.1. The fourth-order valence-corrected chi connectivity index (χ4v) is 5.65. The molecule has 0 amide bonds. The van der Waals surface area contributed by atoms with Crippen LogP contribution in [-0.2, 0) is 27.9 Å². The molecule has 33 heavy (non-hydrogen) atoms. The average Bonchev–Trinajstić information content (AvgIpc) is 3.28. The van der Waals surface area contributed by atoms with Gasteiger partial charge < -0.3 is 19.9 Å². The molecule has 182 valence electrons. The number of aromatic nitrogens is 4. The number of hydrogen-bond acceptors (Lipinski definition) is 11. The number of carbonyl (C=O) groups is 1. The van der Waals surface area contributed by atoms with E-state index in [4.69, 9.17) is 29.0 Å². The summed E-state index contributed by atoms with van der Waals surface area (Å²) in [5, 5.41) is 2.65. The van der Waals surface area contributed by atoms with Crippen LogP contribution in [0.3, 0.4) is 0 Å². The Morgan fingerprint density at radius 1 is 1.39 bits per heavy atom. The van der Waals surface area contributed by atoms with E-state index in [1.165, 1.54) is 6.92 Å². The normalized spacial score (nSPS) is 30.4. The van der Waals surface area contributed by atoms with Gasteiger partial charge in [-0.05, 0) is 27.7 Å². The highest BCUT2D eigenvalue weighted by Gasteiger charge is 2.52. The molecule has 3 N–H and O–H groups in total. The molecule has 2 aliphatic heterocycles. The van der Waals surface area contributed by atoms with Gasteiger partial charge in [0, 0.05) is 5.92 Å². The number of ether oxygens (including phenoxy) is 3. The van der Waals surface area contributed by atoms with E-state index >= 15 is 0 Å². The Morgan fingerprint density at radius 3 is 2.85 bits per heavy atom. The minimum Gasteiger partial charge on any atom is -0.476 e. The summed E-state index contributed by atoms with van der Waals surface area (Å²) in [6.45, 7) is 9.17. The van der Waals surface area contributed by atoms with Gasteiger partial charge in [-0.2, -0.15) is 9.97 Å². The first-order chi connectivity index (χ1) is 15.6. The summed E-state index contributed by atoms with van der Waals surface area (Å²) in [5.74, 6) is -0.463. The van der Waals surface area contributed by atoms with Gasteiger partial charge in [-0.15, -0.1) is 0 Å². The zero-order valence-electron chi connectivity index (χ0n) is 19.1. The molecule has 0 bridgehead atoms. The van der Waals surface area contributed by atoms with E-state index in [-0.39, 0.29) is 30.5 Å². The molecule has 2 aromatic heterocycles. The second kappa shape index (κ2) is 9.15. The van der Waals surface area contributed by atoms with Crippen molar-refractivity contribution in [3.05, 3.63) is 6.33 Å². The van der Waals surface area contributed by atoms with Crippen LogP contribution in [0.1, 0.15) is 40.8 Å². The summed E-state index contributed by atoms with van der Waals surface area (Å²) in [6.07, 6.45) is -0.293. The second-order valence-electron chi connectivity index (χ2n) is 8.27. The number of nitrogens with zero attached hydrogens (tertiary/aromatic N) is 4. The van der Waals surface area contributed by atoms with Crippen molar-refractivity contribution in [3.8, 4) is 5.88 Å². The highest BCUT2D eigenvalue weighted by atomic mass is 31.2. The Labute approximate surface area is 190 Å². The van der Waals surface area contributed by atoms with Crippen LogP contribution in [-0.4, -0.2) is 63.1 Å². The third-order valence-electron chi connectivity index (χ3n) is 5.34. The fourth-order valence-electron chi connectivity index (χ4n) is 3.88. The third kappa shape index (κ3) is 4.69. The van der Waals surface area contributed by atoms with Crippen LogP contribution in [0, 0.1) is 5.92 Å². The molecule has 4 rings (SSSR count). The molecule has 2 saturated heterocycles. The van der Waals surface area contributed by atoms with Crippen molar-refractivity contribution in [3.63, 3.8) is 0 Å². The lowest BCUT2D eigenvalue weighted by Crippen LogP contribution is -2.42. The topological polar surface area (TPSA) is 162 Å². The SMILES string of the molecule is CCOc1nc(N)nc2c1ncn2[C@@H]1O[C@@H]2CO[P@](=O)(N[C@@H](C)C(=O)OC(C)C)O[C@H]2[C@@H]1C. The van der Waals surface area contributed by atoms with Gasteiger partial charge in [-0.3, -0.25) is 18.4 Å². The van der Waals surface area contributed by atoms with Gasteiger partial charge in [0.1, 0.15) is 24.5 Å². The van der Waals surface area contributed by atoms with Gasteiger partial charge in [0.2, 0.25) is 11.8 Å². The third-order valence-corrected chi connectivity index (χ3v) is 7.05. The lowest BCUT2D eigenvalue weighted by atomic mass is 10.0. The quantitative estimate of drug-likeness (QED) is 0.433. The largest absolute Gasteiger partial charge is 0.476 e. The molecule has 2 aromatic rings. The Hall–Kier alpha value is -2.31. The Balaban J connectivity index is 1.53. The van der Waals surface area contributed by atoms with Gasteiger partial charge in [0.15, 0.2) is 11.2 Å². The molecule has 0 spiro atoms. The number of carbonyl (C=O) groups excluding carboxylic acids is 1. The summed E-state index contributed by atoms with van der Waals surface area (Å²) in [6, 6.07) is -0.877. The molecule has 4 heterocycles. The molecule has 0 aliphatic carbocycles. The number of hydrogen-bond donors (Lipinski definition) is 2. The van der Waals surface area contributed by atoms with Crippen LogP contribution in [0.25, 0.3) is 11.2 Å². The van der Waals surface area contributed by atoms with Crippen molar-refractivity contribution >= 4 is 30.8 Å². The lowest BCUT2D eigenvalue weighted by molar-refractivity contribution is -0.149. The fraction of sp³-hybridized carbons (Fsp3) is 0.684. The van der Waals surface area contributed by atoms with Crippen molar-refractivity contribution in [2.45, 2.75) is 65.2 Å². The Kier molecular flexibility index (Phi) is 6.61. The van der Waals surface area contributed by atoms with E-state index in [2.05, 4.69) is 20.0 Å². The highest BCUT2D eigenvalue weighted by Crippen LogP contribution is 2.54. The monoisotopic (exact) mass is 484 g/mol. The number of nitrogen functional groups attached to an aromatic ring is 1. The molecule has 0 radical (unpaired) electrons. The number of esters is 1. The minimum atomic E-state index is -3.77. The van der Waals surface area contributed by atoms with Crippen molar-refractivity contribution < 1.29 is 32.6 Å². The van der Waals surface area contributed by atoms with E-state index in [0.29, 0.717) is 17.8 Å². The molecular weight excluding hydrogens is 455 g/mol. The van der Waals surface area contributed by atoms with Crippen LogP contribution in [0.2, 0.25) is 0 Å². The molecule has 0 aromatic carbocycles. The van der Waals surface area contributed by atoms with Gasteiger partial charge in [-0.25, -0.2) is 14.6 Å². The van der Waals surface area contributed by atoms with Crippen LogP contribution in [0.4, 0.5) is 5.95 Å². The van der Waals surface area contributed by atoms with E-state index < -0.39 is 38.2 Å². The molecule has 6 atom stereocenters. The van der Waals surface area contributed by atoms with E-state index in [1.807, 2.05) is 13.8 Å². The second-order valence-corrected chi connectivity index (χ2v) is 9.99. The van der Waals surface area contributed by atoms with Crippen LogP contribution >= 0.6 is 7.75 Å². The summed E-state index contributed by atoms with van der Waals surface area (Å²) in [4.78, 5) is 24.9. The first kappa shape index (κ1) is 23.8. The number of anilines is 1.